The SMILES string of the molecule is COCCNC(=O)c1nn(CCC(C)C)c2c1CN(C(=O)c1c(C)noc1C)CC2. The number of nitrogens with one attached hydrogen (secondary N) is 1. The van der Waals surface area contributed by atoms with E-state index in [2.05, 4.69) is 29.4 Å². The first kappa shape index (κ1) is 22.0. The highest BCUT2D eigenvalue weighted by Crippen LogP contribution is 2.26. The fourth-order valence-electron chi connectivity index (χ4n) is 3.71. The lowest BCUT2D eigenvalue weighted by Gasteiger charge is -2.28. The smallest absolute Gasteiger partial charge is 0.272 e. The zero-order chi connectivity index (χ0) is 21.8. The minimum absolute atomic E-state index is 0.127. The van der Waals surface area contributed by atoms with Gasteiger partial charge in [0.15, 0.2) is 5.69 Å². The standard InChI is InChI=1S/C21H31N5O4/c1-13(2)6-10-26-17-7-9-25(21(28)18-14(3)24-30-15(18)4)12-16(17)19(23-26)20(27)22-8-11-29-5/h13H,6-12H2,1-5H3,(H,22,27). The summed E-state index contributed by atoms with van der Waals surface area (Å²) in [7, 11) is 1.59. The molecule has 0 atom stereocenters. The Balaban J connectivity index is 1.88. The summed E-state index contributed by atoms with van der Waals surface area (Å²) >= 11 is 0. The molecule has 1 aliphatic heterocycles. The molecule has 30 heavy (non-hydrogen) atoms. The van der Waals surface area contributed by atoms with Gasteiger partial charge in [-0.1, -0.05) is 19.0 Å². The molecule has 9 nitrogen and oxygen atoms in total. The normalized spacial score (nSPS) is 13.6. The van der Waals surface area contributed by atoms with E-state index in [9.17, 15) is 9.59 Å². The van der Waals surface area contributed by atoms with Gasteiger partial charge >= 0.3 is 0 Å². The van der Waals surface area contributed by atoms with Crippen LogP contribution in [0, 0.1) is 19.8 Å². The van der Waals surface area contributed by atoms with Crippen molar-refractivity contribution < 1.29 is 18.8 Å². The molecule has 0 bridgehead atoms. The zero-order valence-electron chi connectivity index (χ0n) is 18.4. The van der Waals surface area contributed by atoms with Crippen LogP contribution >= 0.6 is 0 Å². The second-order valence-electron chi connectivity index (χ2n) is 8.10. The van der Waals surface area contributed by atoms with E-state index < -0.39 is 0 Å². The Kier molecular flexibility index (Phi) is 6.91. The molecule has 3 heterocycles. The predicted molar refractivity (Wildman–Crippen MR) is 110 cm³/mol. The summed E-state index contributed by atoms with van der Waals surface area (Å²) in [5, 5.41) is 11.4. The number of fused-ring (bicyclic) bond motifs is 1. The predicted octanol–water partition coefficient (Wildman–Crippen LogP) is 2.11. The van der Waals surface area contributed by atoms with E-state index in [-0.39, 0.29) is 11.8 Å². The molecule has 0 aromatic carbocycles. The average Bonchev–Trinajstić information content (AvgIpc) is 3.25. The number of aryl methyl sites for hydroxylation is 3. The molecule has 1 aliphatic rings. The number of ether oxygens (including phenoxy) is 1. The number of methoxy groups -OCH3 is 1. The van der Waals surface area contributed by atoms with Crippen LogP contribution in [-0.2, 0) is 24.2 Å². The molecule has 0 saturated heterocycles. The molecule has 0 aliphatic carbocycles. The van der Waals surface area contributed by atoms with E-state index in [0.717, 1.165) is 24.2 Å². The lowest BCUT2D eigenvalue weighted by atomic mass is 10.0. The van der Waals surface area contributed by atoms with Crippen LogP contribution in [0.3, 0.4) is 0 Å². The lowest BCUT2D eigenvalue weighted by Crippen LogP contribution is -2.37. The Morgan fingerprint density at radius 2 is 2.07 bits per heavy atom. The third-order valence-corrected chi connectivity index (χ3v) is 5.39. The van der Waals surface area contributed by atoms with E-state index in [0.29, 0.717) is 61.3 Å². The Hall–Kier alpha value is -2.68. The first-order valence-electron chi connectivity index (χ1n) is 10.4. The van der Waals surface area contributed by atoms with Crippen LogP contribution in [0.15, 0.2) is 4.52 Å². The fraction of sp³-hybridized carbons (Fsp3) is 0.619. The summed E-state index contributed by atoms with van der Waals surface area (Å²) in [5.41, 5.74) is 3.32. The van der Waals surface area contributed by atoms with Crippen LogP contribution in [0.4, 0.5) is 0 Å². The summed E-state index contributed by atoms with van der Waals surface area (Å²) in [6, 6.07) is 0. The van der Waals surface area contributed by atoms with E-state index in [1.54, 1.807) is 25.9 Å². The maximum absolute atomic E-state index is 13.1. The molecule has 0 saturated carbocycles. The summed E-state index contributed by atoms with van der Waals surface area (Å²) < 4.78 is 12.1. The van der Waals surface area contributed by atoms with Crippen molar-refractivity contribution in [2.75, 3.05) is 26.8 Å². The fourth-order valence-corrected chi connectivity index (χ4v) is 3.71. The van der Waals surface area contributed by atoms with Crippen LogP contribution in [-0.4, -0.2) is 58.5 Å². The number of nitrogens with zero attached hydrogens (tertiary/aromatic N) is 4. The van der Waals surface area contributed by atoms with Crippen molar-refractivity contribution in [2.24, 2.45) is 5.92 Å². The van der Waals surface area contributed by atoms with Gasteiger partial charge in [-0.25, -0.2) is 0 Å². The highest BCUT2D eigenvalue weighted by molar-refractivity contribution is 5.97. The highest BCUT2D eigenvalue weighted by Gasteiger charge is 2.32. The molecule has 0 fully saturated rings. The van der Waals surface area contributed by atoms with Crippen LogP contribution in [0.25, 0.3) is 0 Å². The molecular weight excluding hydrogens is 386 g/mol. The number of hydrogen-bond donors (Lipinski definition) is 1. The van der Waals surface area contributed by atoms with Crippen LogP contribution < -0.4 is 5.32 Å². The number of carbonyl (C=O) groups excluding carboxylic acids is 2. The molecule has 164 valence electrons. The second-order valence-corrected chi connectivity index (χ2v) is 8.10. The Morgan fingerprint density at radius 1 is 1.30 bits per heavy atom. The third kappa shape index (κ3) is 4.56. The van der Waals surface area contributed by atoms with Crippen molar-refractivity contribution in [3.8, 4) is 0 Å². The molecule has 0 radical (unpaired) electrons. The van der Waals surface area contributed by atoms with Gasteiger partial charge in [-0.2, -0.15) is 5.10 Å². The van der Waals surface area contributed by atoms with Gasteiger partial charge in [0.1, 0.15) is 11.3 Å². The minimum Gasteiger partial charge on any atom is -0.383 e. The van der Waals surface area contributed by atoms with Crippen LogP contribution in [0.2, 0.25) is 0 Å². The topological polar surface area (TPSA) is 102 Å². The van der Waals surface area contributed by atoms with Gasteiger partial charge in [-0.05, 0) is 26.2 Å². The average molecular weight is 418 g/mol. The Morgan fingerprint density at radius 3 is 2.70 bits per heavy atom. The van der Waals surface area contributed by atoms with Gasteiger partial charge in [0.2, 0.25) is 0 Å². The van der Waals surface area contributed by atoms with Crippen molar-refractivity contribution in [1.82, 2.24) is 25.2 Å². The largest absolute Gasteiger partial charge is 0.383 e. The van der Waals surface area contributed by atoms with Crippen LogP contribution in [0.5, 0.6) is 0 Å². The van der Waals surface area contributed by atoms with E-state index in [1.165, 1.54) is 0 Å². The monoisotopic (exact) mass is 417 g/mol. The summed E-state index contributed by atoms with van der Waals surface area (Å²) in [5.74, 6) is 0.675. The maximum Gasteiger partial charge on any atom is 0.272 e. The van der Waals surface area contributed by atoms with Crippen molar-refractivity contribution in [3.05, 3.63) is 34.0 Å². The first-order chi connectivity index (χ1) is 14.3. The molecule has 2 aromatic rings. The summed E-state index contributed by atoms with van der Waals surface area (Å²) in [6.45, 7) is 10.3. The van der Waals surface area contributed by atoms with Crippen molar-refractivity contribution in [1.29, 1.82) is 0 Å². The molecular formula is C21H31N5O4. The molecule has 2 amide bonds. The van der Waals surface area contributed by atoms with E-state index >= 15 is 0 Å². The molecule has 9 heteroatoms. The summed E-state index contributed by atoms with van der Waals surface area (Å²) in [4.78, 5) is 27.6. The van der Waals surface area contributed by atoms with Gasteiger partial charge < -0.3 is 19.5 Å². The molecule has 0 spiro atoms. The number of rotatable bonds is 8. The van der Waals surface area contributed by atoms with Crippen molar-refractivity contribution >= 4 is 11.8 Å². The quantitative estimate of drug-likeness (QED) is 0.660. The van der Waals surface area contributed by atoms with E-state index in [4.69, 9.17) is 9.26 Å². The number of amides is 2. The molecule has 0 unspecified atom stereocenters. The third-order valence-electron chi connectivity index (χ3n) is 5.39. The first-order valence-corrected chi connectivity index (χ1v) is 10.4. The van der Waals surface area contributed by atoms with Crippen molar-refractivity contribution in [2.45, 2.75) is 53.6 Å². The molecule has 2 aromatic heterocycles. The van der Waals surface area contributed by atoms with E-state index in [1.807, 2.05) is 4.68 Å². The van der Waals surface area contributed by atoms with Crippen molar-refractivity contribution in [3.63, 3.8) is 0 Å². The van der Waals surface area contributed by atoms with Gasteiger partial charge in [-0.3, -0.25) is 14.3 Å². The minimum atomic E-state index is -0.238. The lowest BCUT2D eigenvalue weighted by molar-refractivity contribution is 0.0727. The highest BCUT2D eigenvalue weighted by atomic mass is 16.5. The molecule has 3 rings (SSSR count). The second kappa shape index (κ2) is 9.42. The summed E-state index contributed by atoms with van der Waals surface area (Å²) in [6.07, 6.45) is 1.63. The van der Waals surface area contributed by atoms with Gasteiger partial charge in [0, 0.05) is 44.4 Å². The number of carbonyl (C=O) groups is 2. The van der Waals surface area contributed by atoms with Crippen LogP contribution in [0.1, 0.15) is 63.8 Å². The molecule has 1 N–H and O–H groups in total. The van der Waals surface area contributed by atoms with Gasteiger partial charge in [-0.15, -0.1) is 0 Å². The van der Waals surface area contributed by atoms with Gasteiger partial charge in [0.05, 0.1) is 18.8 Å². The maximum atomic E-state index is 13.1. The number of aromatic nitrogens is 3. The zero-order valence-corrected chi connectivity index (χ0v) is 18.4. The Bertz CT molecular complexity index is 895. The Labute approximate surface area is 176 Å². The number of hydrogen-bond acceptors (Lipinski definition) is 6. The van der Waals surface area contributed by atoms with Gasteiger partial charge in [0.25, 0.3) is 11.8 Å².